The topological polar surface area (TPSA) is 43.4 Å². The Morgan fingerprint density at radius 3 is 2.45 bits per heavy atom. The molecule has 0 amide bonds. The molecule has 0 radical (unpaired) electrons. The molecule has 184 valence electrons. The summed E-state index contributed by atoms with van der Waals surface area (Å²) >= 11 is 0. The first kappa shape index (κ1) is 24.7. The van der Waals surface area contributed by atoms with Crippen LogP contribution in [-0.2, 0) is 14.3 Å². The van der Waals surface area contributed by atoms with E-state index >= 15 is 0 Å². The monoisotopic (exact) mass is 454 g/mol. The van der Waals surface area contributed by atoms with Crippen molar-refractivity contribution >= 4 is 11.8 Å². The minimum absolute atomic E-state index is 0.0320. The van der Waals surface area contributed by atoms with Crippen molar-refractivity contribution in [2.24, 2.45) is 28.6 Å². The summed E-state index contributed by atoms with van der Waals surface area (Å²) < 4.78 is 6.16. The smallest absolute Gasteiger partial charge is 0.306 e. The summed E-state index contributed by atoms with van der Waals surface area (Å²) in [6, 6.07) is 0. The molecule has 0 heterocycles. The first-order valence-electron chi connectivity index (χ1n) is 14.0. The number of carbonyl (C=O) groups excluding carboxylic acids is 2. The second-order valence-electron chi connectivity index (χ2n) is 11.9. The fourth-order valence-corrected chi connectivity index (χ4v) is 7.96. The van der Waals surface area contributed by atoms with Gasteiger partial charge in [0.1, 0.15) is 6.10 Å². The third-order valence-corrected chi connectivity index (χ3v) is 9.98. The predicted octanol–water partition coefficient (Wildman–Crippen LogP) is 7.74. The van der Waals surface area contributed by atoms with E-state index in [2.05, 4.69) is 26.8 Å². The third-order valence-electron chi connectivity index (χ3n) is 9.98. The summed E-state index contributed by atoms with van der Waals surface area (Å²) in [6.07, 6.45) is 23.4. The van der Waals surface area contributed by atoms with Gasteiger partial charge in [0.05, 0.1) is 0 Å². The summed E-state index contributed by atoms with van der Waals surface area (Å²) in [5.41, 5.74) is 1.52. The molecule has 4 aliphatic carbocycles. The van der Waals surface area contributed by atoms with Gasteiger partial charge in [-0.25, -0.2) is 0 Å². The Morgan fingerprint density at radius 1 is 0.970 bits per heavy atom. The van der Waals surface area contributed by atoms with Gasteiger partial charge in [0.2, 0.25) is 0 Å². The maximum Gasteiger partial charge on any atom is 0.306 e. The molecule has 0 aliphatic heterocycles. The Balaban J connectivity index is 1.28. The molecule has 0 unspecified atom stereocenters. The zero-order valence-corrected chi connectivity index (χ0v) is 21.4. The molecule has 3 saturated carbocycles. The minimum Gasteiger partial charge on any atom is -0.462 e. The van der Waals surface area contributed by atoms with Gasteiger partial charge >= 0.3 is 5.97 Å². The van der Waals surface area contributed by atoms with Crippen molar-refractivity contribution < 1.29 is 14.3 Å². The number of esters is 1. The quantitative estimate of drug-likeness (QED) is 0.250. The van der Waals surface area contributed by atoms with E-state index in [1.165, 1.54) is 63.4 Å². The number of ketones is 1. The van der Waals surface area contributed by atoms with Crippen LogP contribution in [0.3, 0.4) is 0 Å². The lowest BCUT2D eigenvalue weighted by atomic mass is 9.48. The number of fused-ring (bicyclic) bond motifs is 5. The lowest BCUT2D eigenvalue weighted by Crippen LogP contribution is -2.51. The Hall–Kier alpha value is -1.38. The van der Waals surface area contributed by atoms with Gasteiger partial charge in [0, 0.05) is 17.3 Å². The van der Waals surface area contributed by atoms with Gasteiger partial charge in [0.25, 0.3) is 0 Å². The Morgan fingerprint density at radius 2 is 1.70 bits per heavy atom. The molecule has 0 aromatic rings. The van der Waals surface area contributed by atoms with Crippen molar-refractivity contribution in [3.8, 4) is 0 Å². The fraction of sp³-hybridized carbons (Fsp3) is 0.800. The van der Waals surface area contributed by atoms with Gasteiger partial charge in [-0.05, 0) is 74.9 Å². The van der Waals surface area contributed by atoms with E-state index in [0.717, 1.165) is 32.1 Å². The van der Waals surface area contributed by atoms with Crippen LogP contribution >= 0.6 is 0 Å². The molecule has 0 saturated heterocycles. The van der Waals surface area contributed by atoms with E-state index in [4.69, 9.17) is 4.74 Å². The number of hydrogen-bond donors (Lipinski definition) is 0. The van der Waals surface area contributed by atoms with Crippen LogP contribution in [0.2, 0.25) is 0 Å². The minimum atomic E-state index is 0.0320. The van der Waals surface area contributed by atoms with E-state index in [1.54, 1.807) is 6.08 Å². The average Bonchev–Trinajstić information content (AvgIpc) is 3.12. The number of hydrogen-bond acceptors (Lipinski definition) is 3. The summed E-state index contributed by atoms with van der Waals surface area (Å²) in [7, 11) is 0. The van der Waals surface area contributed by atoms with Gasteiger partial charge in [-0.2, -0.15) is 0 Å². The maximum atomic E-state index is 12.7. The van der Waals surface area contributed by atoms with Crippen molar-refractivity contribution in [2.75, 3.05) is 0 Å². The van der Waals surface area contributed by atoms with Crippen molar-refractivity contribution in [3.05, 3.63) is 23.8 Å². The summed E-state index contributed by atoms with van der Waals surface area (Å²) in [4.78, 5) is 24.6. The van der Waals surface area contributed by atoms with Crippen LogP contribution in [0.1, 0.15) is 117 Å². The fourth-order valence-electron chi connectivity index (χ4n) is 7.96. The third kappa shape index (κ3) is 5.03. The number of allylic oxidation sites excluding steroid dienone is 4. The molecular formula is C30H46O3. The molecule has 0 N–H and O–H groups in total. The van der Waals surface area contributed by atoms with Gasteiger partial charge in [-0.15, -0.1) is 0 Å². The van der Waals surface area contributed by atoms with E-state index in [9.17, 15) is 9.59 Å². The molecule has 4 rings (SSSR count). The molecule has 3 fully saturated rings. The average molecular weight is 455 g/mol. The normalized spacial score (nSPS) is 37.2. The van der Waals surface area contributed by atoms with E-state index in [1.807, 2.05) is 6.08 Å². The Labute approximate surface area is 201 Å². The van der Waals surface area contributed by atoms with Gasteiger partial charge < -0.3 is 4.74 Å². The van der Waals surface area contributed by atoms with Crippen LogP contribution < -0.4 is 0 Å². The lowest BCUT2D eigenvalue weighted by molar-refractivity contribution is -0.159. The highest BCUT2D eigenvalue weighted by Gasteiger charge is 2.59. The maximum absolute atomic E-state index is 12.7. The SMILES string of the molecule is CCCCCCCCCCC(=O)O[C@H]1CC[C@H]2[C@@H]3CCC4=CC(=O)C=C[C@]4(C)[C@H]3CC[C@]12C. The highest BCUT2D eigenvalue weighted by molar-refractivity contribution is 6.01. The summed E-state index contributed by atoms with van der Waals surface area (Å²) in [5, 5.41) is 0. The van der Waals surface area contributed by atoms with Crippen molar-refractivity contribution in [1.29, 1.82) is 0 Å². The highest BCUT2D eigenvalue weighted by atomic mass is 16.5. The van der Waals surface area contributed by atoms with E-state index in [0.29, 0.717) is 24.2 Å². The molecule has 33 heavy (non-hydrogen) atoms. The predicted molar refractivity (Wildman–Crippen MR) is 134 cm³/mol. The van der Waals surface area contributed by atoms with Crippen LogP contribution in [0.15, 0.2) is 23.8 Å². The first-order chi connectivity index (χ1) is 15.9. The highest BCUT2D eigenvalue weighted by Crippen LogP contribution is 2.64. The van der Waals surface area contributed by atoms with Crippen LogP contribution in [0.5, 0.6) is 0 Å². The summed E-state index contributed by atoms with van der Waals surface area (Å²) in [6.45, 7) is 7.02. The lowest BCUT2D eigenvalue weighted by Gasteiger charge is -2.56. The second kappa shape index (κ2) is 10.5. The van der Waals surface area contributed by atoms with Crippen molar-refractivity contribution in [2.45, 2.75) is 123 Å². The first-order valence-corrected chi connectivity index (χ1v) is 14.0. The molecule has 4 aliphatic rings. The molecular weight excluding hydrogens is 408 g/mol. The molecule has 0 spiro atoms. The molecule has 3 nitrogen and oxygen atoms in total. The standard InChI is InChI=1S/C30H46O3/c1-4-5-6-7-8-9-10-11-12-28(32)33-27-16-15-25-24-14-13-22-21-23(31)17-19-29(22,2)26(24)18-20-30(25,27)3/h17,19,21,24-27H,4-16,18,20H2,1-3H3/t24-,25-,26-,27-,29-,30-/m0/s1. The number of rotatable bonds is 10. The van der Waals surface area contributed by atoms with Gasteiger partial charge in [0.15, 0.2) is 5.78 Å². The largest absolute Gasteiger partial charge is 0.462 e. The van der Waals surface area contributed by atoms with Crippen molar-refractivity contribution in [3.63, 3.8) is 0 Å². The number of carbonyl (C=O) groups is 2. The zero-order valence-electron chi connectivity index (χ0n) is 21.4. The van der Waals surface area contributed by atoms with Crippen LogP contribution in [0, 0.1) is 28.6 Å². The molecule has 0 aromatic carbocycles. The van der Waals surface area contributed by atoms with Crippen LogP contribution in [0.25, 0.3) is 0 Å². The van der Waals surface area contributed by atoms with E-state index in [-0.39, 0.29) is 28.7 Å². The van der Waals surface area contributed by atoms with E-state index < -0.39 is 0 Å². The van der Waals surface area contributed by atoms with Gasteiger partial charge in [-0.3, -0.25) is 9.59 Å². The second-order valence-corrected chi connectivity index (χ2v) is 11.9. The molecule has 0 aromatic heterocycles. The zero-order chi connectivity index (χ0) is 23.5. The Bertz CT molecular complexity index is 779. The van der Waals surface area contributed by atoms with Crippen LogP contribution in [-0.4, -0.2) is 17.9 Å². The van der Waals surface area contributed by atoms with Crippen LogP contribution in [0.4, 0.5) is 0 Å². The summed E-state index contributed by atoms with van der Waals surface area (Å²) in [5.74, 6) is 2.13. The Kier molecular flexibility index (Phi) is 7.86. The number of unbranched alkanes of at least 4 members (excludes halogenated alkanes) is 7. The molecule has 3 heteroatoms. The van der Waals surface area contributed by atoms with Gasteiger partial charge in [-0.1, -0.05) is 77.4 Å². The number of ether oxygens (including phenoxy) is 1. The molecule has 0 bridgehead atoms. The van der Waals surface area contributed by atoms with Crippen molar-refractivity contribution in [1.82, 2.24) is 0 Å². The molecule has 6 atom stereocenters.